The average molecular weight is 318 g/mol. The molecule has 0 bridgehead atoms. The molecular weight excluding hydrogens is 288 g/mol. The van der Waals surface area contributed by atoms with Gasteiger partial charge in [0.15, 0.2) is 0 Å². The number of aliphatic hydroxyl groups excluding tert-OH is 1. The highest BCUT2D eigenvalue weighted by Crippen LogP contribution is 2.37. The third kappa shape index (κ3) is 4.54. The van der Waals surface area contributed by atoms with E-state index in [0.717, 1.165) is 37.7 Å². The predicted octanol–water partition coefficient (Wildman–Crippen LogP) is 3.27. The summed E-state index contributed by atoms with van der Waals surface area (Å²) in [6.07, 6.45) is 8.12. The first-order chi connectivity index (χ1) is 11.0. The van der Waals surface area contributed by atoms with E-state index >= 15 is 0 Å². The lowest BCUT2D eigenvalue weighted by Crippen LogP contribution is -2.48. The molecule has 23 heavy (non-hydrogen) atoms. The summed E-state index contributed by atoms with van der Waals surface area (Å²) in [5.74, 6) is 0.457. The molecule has 0 spiro atoms. The topological polar surface area (TPSA) is 62.2 Å². The molecule has 0 aromatic carbocycles. The van der Waals surface area contributed by atoms with Crippen LogP contribution in [0.5, 0.6) is 0 Å². The number of nitrogens with zero attached hydrogens (tertiary/aromatic N) is 1. The Labute approximate surface area is 139 Å². The van der Waals surface area contributed by atoms with Crippen LogP contribution in [0.25, 0.3) is 0 Å². The van der Waals surface area contributed by atoms with E-state index in [1.165, 1.54) is 0 Å². The number of hydrogen-bond donors (Lipinski definition) is 2. The van der Waals surface area contributed by atoms with Crippen LogP contribution >= 0.6 is 0 Å². The van der Waals surface area contributed by atoms with Crippen molar-refractivity contribution in [3.05, 3.63) is 30.1 Å². The van der Waals surface area contributed by atoms with E-state index in [1.54, 1.807) is 6.20 Å². The normalized spacial score (nSPS) is 24.2. The molecule has 0 radical (unpaired) electrons. The van der Waals surface area contributed by atoms with Crippen LogP contribution < -0.4 is 5.32 Å². The quantitative estimate of drug-likeness (QED) is 0.846. The first kappa shape index (κ1) is 17.9. The second-order valence-corrected chi connectivity index (χ2v) is 7.04. The van der Waals surface area contributed by atoms with Gasteiger partial charge < -0.3 is 10.4 Å². The molecule has 1 aliphatic rings. The zero-order chi connectivity index (χ0) is 16.8. The van der Waals surface area contributed by atoms with E-state index in [2.05, 4.69) is 16.4 Å². The fourth-order valence-electron chi connectivity index (χ4n) is 3.62. The van der Waals surface area contributed by atoms with E-state index in [-0.39, 0.29) is 29.7 Å². The summed E-state index contributed by atoms with van der Waals surface area (Å²) >= 11 is 0. The fraction of sp³-hybridized carbons (Fsp3) is 0.684. The Morgan fingerprint density at radius 1 is 1.39 bits per heavy atom. The molecule has 4 nitrogen and oxygen atoms in total. The molecule has 4 unspecified atom stereocenters. The Kier molecular flexibility index (Phi) is 6.58. The van der Waals surface area contributed by atoms with Gasteiger partial charge in [0.25, 0.3) is 0 Å². The van der Waals surface area contributed by atoms with Gasteiger partial charge in [-0.05, 0) is 42.7 Å². The molecule has 1 aromatic rings. The van der Waals surface area contributed by atoms with Crippen molar-refractivity contribution in [1.82, 2.24) is 10.3 Å². The summed E-state index contributed by atoms with van der Waals surface area (Å²) in [6.45, 7) is 5.98. The Bertz CT molecular complexity index is 489. The maximum Gasteiger partial charge on any atom is 0.224 e. The number of carbonyl (C=O) groups is 1. The van der Waals surface area contributed by atoms with Gasteiger partial charge >= 0.3 is 0 Å². The second-order valence-electron chi connectivity index (χ2n) is 7.04. The smallest absolute Gasteiger partial charge is 0.224 e. The van der Waals surface area contributed by atoms with E-state index in [9.17, 15) is 9.90 Å². The minimum absolute atomic E-state index is 0.0126. The SMILES string of the molecule is CCC(NC(=O)C1CCCCC1c1cccnc1)C(O)C(C)C. The van der Waals surface area contributed by atoms with Crippen molar-refractivity contribution in [3.63, 3.8) is 0 Å². The Morgan fingerprint density at radius 3 is 2.74 bits per heavy atom. The molecule has 1 amide bonds. The molecule has 0 aliphatic heterocycles. The monoisotopic (exact) mass is 318 g/mol. The maximum atomic E-state index is 12.8. The summed E-state index contributed by atoms with van der Waals surface area (Å²) in [5, 5.41) is 13.4. The van der Waals surface area contributed by atoms with E-state index in [4.69, 9.17) is 0 Å². The third-order valence-corrected chi connectivity index (χ3v) is 5.08. The van der Waals surface area contributed by atoms with Crippen LogP contribution in [0.2, 0.25) is 0 Å². The zero-order valence-corrected chi connectivity index (χ0v) is 14.5. The number of aromatic nitrogens is 1. The second kappa shape index (κ2) is 8.44. The zero-order valence-electron chi connectivity index (χ0n) is 14.5. The molecule has 4 atom stereocenters. The summed E-state index contributed by atoms with van der Waals surface area (Å²) in [7, 11) is 0. The van der Waals surface area contributed by atoms with Crippen LogP contribution in [-0.2, 0) is 4.79 Å². The van der Waals surface area contributed by atoms with Gasteiger partial charge in [0, 0.05) is 18.3 Å². The number of amides is 1. The van der Waals surface area contributed by atoms with Crippen molar-refractivity contribution in [2.24, 2.45) is 11.8 Å². The lowest BCUT2D eigenvalue weighted by Gasteiger charge is -2.33. The highest BCUT2D eigenvalue weighted by molar-refractivity contribution is 5.80. The first-order valence-corrected chi connectivity index (χ1v) is 8.93. The molecule has 1 aliphatic carbocycles. The third-order valence-electron chi connectivity index (χ3n) is 5.08. The van der Waals surface area contributed by atoms with Crippen molar-refractivity contribution >= 4 is 5.91 Å². The van der Waals surface area contributed by atoms with Gasteiger partial charge in [0.05, 0.1) is 12.1 Å². The van der Waals surface area contributed by atoms with E-state index in [1.807, 2.05) is 33.0 Å². The summed E-state index contributed by atoms with van der Waals surface area (Å²) < 4.78 is 0. The minimum atomic E-state index is -0.496. The average Bonchev–Trinajstić information content (AvgIpc) is 2.59. The molecule has 1 saturated carbocycles. The molecule has 2 N–H and O–H groups in total. The van der Waals surface area contributed by atoms with Gasteiger partial charge in [0.1, 0.15) is 0 Å². The Balaban J connectivity index is 2.09. The van der Waals surface area contributed by atoms with Crippen molar-refractivity contribution in [1.29, 1.82) is 0 Å². The molecule has 0 saturated heterocycles. The van der Waals surface area contributed by atoms with Gasteiger partial charge in [-0.15, -0.1) is 0 Å². The van der Waals surface area contributed by atoms with Gasteiger partial charge in [-0.1, -0.05) is 39.7 Å². The largest absolute Gasteiger partial charge is 0.391 e. The number of aliphatic hydroxyl groups is 1. The molecule has 1 aromatic heterocycles. The lowest BCUT2D eigenvalue weighted by atomic mass is 9.75. The number of pyridine rings is 1. The molecular formula is C19H30N2O2. The fourth-order valence-corrected chi connectivity index (χ4v) is 3.62. The van der Waals surface area contributed by atoms with Crippen LogP contribution in [0.4, 0.5) is 0 Å². The first-order valence-electron chi connectivity index (χ1n) is 8.93. The van der Waals surface area contributed by atoms with Crippen LogP contribution in [0.15, 0.2) is 24.5 Å². The van der Waals surface area contributed by atoms with Crippen molar-refractivity contribution in [2.75, 3.05) is 0 Å². The highest BCUT2D eigenvalue weighted by Gasteiger charge is 2.34. The molecule has 1 heterocycles. The molecule has 2 rings (SSSR count). The number of nitrogens with one attached hydrogen (secondary N) is 1. The van der Waals surface area contributed by atoms with Crippen LogP contribution in [-0.4, -0.2) is 28.1 Å². The standard InChI is InChI=1S/C19H30N2O2/c1-4-17(18(22)13(2)3)21-19(23)16-10-6-5-9-15(16)14-8-7-11-20-12-14/h7-8,11-13,15-18,22H,4-6,9-10H2,1-3H3,(H,21,23). The predicted molar refractivity (Wildman–Crippen MR) is 92.0 cm³/mol. The molecule has 1 fully saturated rings. The van der Waals surface area contributed by atoms with Gasteiger partial charge in [-0.2, -0.15) is 0 Å². The van der Waals surface area contributed by atoms with Crippen molar-refractivity contribution in [3.8, 4) is 0 Å². The van der Waals surface area contributed by atoms with E-state index in [0.29, 0.717) is 0 Å². The van der Waals surface area contributed by atoms with Gasteiger partial charge in [0.2, 0.25) is 5.91 Å². The number of rotatable bonds is 6. The maximum absolute atomic E-state index is 12.8. The van der Waals surface area contributed by atoms with Crippen molar-refractivity contribution in [2.45, 2.75) is 70.9 Å². The summed E-state index contributed by atoms with van der Waals surface area (Å²) in [5.41, 5.74) is 1.16. The van der Waals surface area contributed by atoms with Crippen LogP contribution in [0.3, 0.4) is 0 Å². The highest BCUT2D eigenvalue weighted by atomic mass is 16.3. The van der Waals surface area contributed by atoms with Gasteiger partial charge in [-0.3, -0.25) is 9.78 Å². The van der Waals surface area contributed by atoms with Crippen LogP contribution in [0.1, 0.15) is 64.4 Å². The summed E-state index contributed by atoms with van der Waals surface area (Å²) in [4.78, 5) is 17.0. The van der Waals surface area contributed by atoms with Crippen molar-refractivity contribution < 1.29 is 9.90 Å². The van der Waals surface area contributed by atoms with E-state index < -0.39 is 6.10 Å². The van der Waals surface area contributed by atoms with Gasteiger partial charge in [-0.25, -0.2) is 0 Å². The lowest BCUT2D eigenvalue weighted by molar-refractivity contribution is -0.128. The van der Waals surface area contributed by atoms with Crippen LogP contribution in [0, 0.1) is 11.8 Å². The Morgan fingerprint density at radius 2 is 2.13 bits per heavy atom. The molecule has 128 valence electrons. The minimum Gasteiger partial charge on any atom is -0.391 e. The Hall–Kier alpha value is -1.42. The summed E-state index contributed by atoms with van der Waals surface area (Å²) in [6, 6.07) is 3.85. The number of hydrogen-bond acceptors (Lipinski definition) is 3. The molecule has 4 heteroatoms. The number of carbonyl (C=O) groups excluding carboxylic acids is 1.